The van der Waals surface area contributed by atoms with Gasteiger partial charge < -0.3 is 5.11 Å². The van der Waals surface area contributed by atoms with E-state index in [1.54, 1.807) is 12.1 Å². The van der Waals surface area contributed by atoms with Crippen molar-refractivity contribution in [3.05, 3.63) is 29.8 Å². The number of sulfonamides is 1. The predicted molar refractivity (Wildman–Crippen MR) is 74.5 cm³/mol. The molecule has 106 valence electrons. The lowest BCUT2D eigenvalue weighted by molar-refractivity contribution is 0.213. The lowest BCUT2D eigenvalue weighted by atomic mass is 10.0. The fourth-order valence-electron chi connectivity index (χ4n) is 2.47. The van der Waals surface area contributed by atoms with Crippen LogP contribution in [0, 0.1) is 0 Å². The summed E-state index contributed by atoms with van der Waals surface area (Å²) in [6.45, 7) is 4.54. The maximum absolute atomic E-state index is 12.5. The normalized spacial score (nSPS) is 21.2. The Bertz CT molecular complexity index is 522. The summed E-state index contributed by atoms with van der Waals surface area (Å²) in [7, 11) is -3.47. The Labute approximate surface area is 115 Å². The number of hydrogen-bond donors (Lipinski definition) is 1. The molecule has 0 radical (unpaired) electrons. The highest BCUT2D eigenvalue weighted by molar-refractivity contribution is 7.89. The summed E-state index contributed by atoms with van der Waals surface area (Å²) >= 11 is 0. The van der Waals surface area contributed by atoms with E-state index in [2.05, 4.69) is 13.8 Å². The van der Waals surface area contributed by atoms with E-state index in [4.69, 9.17) is 0 Å². The van der Waals surface area contributed by atoms with Crippen LogP contribution in [0.2, 0.25) is 0 Å². The van der Waals surface area contributed by atoms with Crippen LogP contribution in [-0.4, -0.2) is 37.0 Å². The largest absolute Gasteiger partial charge is 0.395 e. The SMILES string of the molecule is CC(C)c1ccc(S(=O)(=O)N2CCC[C@@H]2CO)cc1. The zero-order chi connectivity index (χ0) is 14.0. The molecule has 0 amide bonds. The highest BCUT2D eigenvalue weighted by Gasteiger charge is 2.34. The average Bonchev–Trinajstić information content (AvgIpc) is 2.87. The van der Waals surface area contributed by atoms with Crippen LogP contribution in [0.4, 0.5) is 0 Å². The van der Waals surface area contributed by atoms with Crippen LogP contribution in [-0.2, 0) is 10.0 Å². The number of hydrogen-bond acceptors (Lipinski definition) is 3. The second-order valence-electron chi connectivity index (χ2n) is 5.32. The third kappa shape index (κ3) is 2.83. The van der Waals surface area contributed by atoms with Crippen LogP contribution in [0.25, 0.3) is 0 Å². The zero-order valence-corrected chi connectivity index (χ0v) is 12.2. The van der Waals surface area contributed by atoms with Crippen molar-refractivity contribution in [1.82, 2.24) is 4.31 Å². The fraction of sp³-hybridized carbons (Fsp3) is 0.571. The third-order valence-electron chi connectivity index (χ3n) is 3.69. The second-order valence-corrected chi connectivity index (χ2v) is 7.21. The number of aliphatic hydroxyl groups excluding tert-OH is 1. The minimum atomic E-state index is -3.47. The van der Waals surface area contributed by atoms with Gasteiger partial charge in [0.2, 0.25) is 10.0 Å². The summed E-state index contributed by atoms with van der Waals surface area (Å²) < 4.78 is 26.4. The van der Waals surface area contributed by atoms with Gasteiger partial charge in [-0.05, 0) is 36.5 Å². The quantitative estimate of drug-likeness (QED) is 0.919. The van der Waals surface area contributed by atoms with Crippen LogP contribution >= 0.6 is 0 Å². The van der Waals surface area contributed by atoms with Gasteiger partial charge >= 0.3 is 0 Å². The topological polar surface area (TPSA) is 57.6 Å². The van der Waals surface area contributed by atoms with Crippen LogP contribution in [0.15, 0.2) is 29.2 Å². The van der Waals surface area contributed by atoms with Gasteiger partial charge in [0, 0.05) is 12.6 Å². The van der Waals surface area contributed by atoms with Crippen molar-refractivity contribution in [2.24, 2.45) is 0 Å². The molecule has 4 nitrogen and oxygen atoms in total. The van der Waals surface area contributed by atoms with E-state index in [0.29, 0.717) is 17.4 Å². The molecule has 2 rings (SSSR count). The first kappa shape index (κ1) is 14.5. The maximum Gasteiger partial charge on any atom is 0.243 e. The summed E-state index contributed by atoms with van der Waals surface area (Å²) in [4.78, 5) is 0.317. The Balaban J connectivity index is 2.29. The first-order valence-corrected chi connectivity index (χ1v) is 8.13. The zero-order valence-electron chi connectivity index (χ0n) is 11.4. The molecule has 5 heteroatoms. The number of benzene rings is 1. The van der Waals surface area contributed by atoms with E-state index in [1.807, 2.05) is 12.1 Å². The predicted octanol–water partition coefficient (Wildman–Crippen LogP) is 1.96. The summed E-state index contributed by atoms with van der Waals surface area (Å²) in [5.74, 6) is 0.383. The summed E-state index contributed by atoms with van der Waals surface area (Å²) in [5, 5.41) is 9.26. The fourth-order valence-corrected chi connectivity index (χ4v) is 4.15. The van der Waals surface area contributed by atoms with E-state index in [-0.39, 0.29) is 12.6 Å². The Kier molecular flexibility index (Phi) is 4.28. The van der Waals surface area contributed by atoms with E-state index in [1.165, 1.54) is 4.31 Å². The molecular formula is C14H21NO3S. The third-order valence-corrected chi connectivity index (χ3v) is 5.65. The molecular weight excluding hydrogens is 262 g/mol. The van der Waals surface area contributed by atoms with E-state index < -0.39 is 10.0 Å². The van der Waals surface area contributed by atoms with Crippen molar-refractivity contribution < 1.29 is 13.5 Å². The van der Waals surface area contributed by atoms with Gasteiger partial charge in [-0.3, -0.25) is 0 Å². The second kappa shape index (κ2) is 5.61. The van der Waals surface area contributed by atoms with Gasteiger partial charge in [-0.25, -0.2) is 8.42 Å². The molecule has 1 fully saturated rings. The van der Waals surface area contributed by atoms with Crippen molar-refractivity contribution in [1.29, 1.82) is 0 Å². The summed E-state index contributed by atoms with van der Waals surface area (Å²) in [6.07, 6.45) is 1.55. The average molecular weight is 283 g/mol. The summed E-state index contributed by atoms with van der Waals surface area (Å²) in [5.41, 5.74) is 1.12. The Morgan fingerprint density at radius 1 is 1.32 bits per heavy atom. The van der Waals surface area contributed by atoms with Gasteiger partial charge in [0.05, 0.1) is 11.5 Å². The molecule has 1 N–H and O–H groups in total. The molecule has 1 heterocycles. The molecule has 1 aliphatic rings. The molecule has 1 saturated heterocycles. The number of nitrogens with zero attached hydrogens (tertiary/aromatic N) is 1. The lowest BCUT2D eigenvalue weighted by Gasteiger charge is -2.22. The van der Waals surface area contributed by atoms with E-state index >= 15 is 0 Å². The van der Waals surface area contributed by atoms with Crippen molar-refractivity contribution in [2.75, 3.05) is 13.2 Å². The van der Waals surface area contributed by atoms with Crippen LogP contribution in [0.3, 0.4) is 0 Å². The van der Waals surface area contributed by atoms with Gasteiger partial charge in [-0.2, -0.15) is 4.31 Å². The molecule has 0 saturated carbocycles. The van der Waals surface area contributed by atoms with E-state index in [0.717, 1.165) is 18.4 Å². The molecule has 19 heavy (non-hydrogen) atoms. The van der Waals surface area contributed by atoms with Gasteiger partial charge in [0.25, 0.3) is 0 Å². The van der Waals surface area contributed by atoms with E-state index in [9.17, 15) is 13.5 Å². The maximum atomic E-state index is 12.5. The minimum absolute atomic E-state index is 0.108. The molecule has 0 bridgehead atoms. The van der Waals surface area contributed by atoms with Gasteiger partial charge in [-0.1, -0.05) is 26.0 Å². The molecule has 0 spiro atoms. The monoisotopic (exact) mass is 283 g/mol. The van der Waals surface area contributed by atoms with Crippen molar-refractivity contribution in [3.63, 3.8) is 0 Å². The minimum Gasteiger partial charge on any atom is -0.395 e. The molecule has 0 unspecified atom stereocenters. The number of rotatable bonds is 4. The lowest BCUT2D eigenvalue weighted by Crippen LogP contribution is -2.37. The highest BCUT2D eigenvalue weighted by Crippen LogP contribution is 2.26. The summed E-state index contributed by atoms with van der Waals surface area (Å²) in [6, 6.07) is 6.78. The first-order chi connectivity index (χ1) is 8.96. The molecule has 0 aromatic heterocycles. The Hall–Kier alpha value is -0.910. The molecule has 1 aromatic carbocycles. The van der Waals surface area contributed by atoms with Crippen molar-refractivity contribution >= 4 is 10.0 Å². The van der Waals surface area contributed by atoms with Crippen LogP contribution < -0.4 is 0 Å². The standard InChI is InChI=1S/C14H21NO3S/c1-11(2)12-5-7-14(8-6-12)19(17,18)15-9-3-4-13(15)10-16/h5-8,11,13,16H,3-4,9-10H2,1-2H3/t13-/m1/s1. The van der Waals surface area contributed by atoms with Gasteiger partial charge in [0.15, 0.2) is 0 Å². The van der Waals surface area contributed by atoms with Crippen LogP contribution in [0.5, 0.6) is 0 Å². The Morgan fingerprint density at radius 2 is 1.95 bits per heavy atom. The van der Waals surface area contributed by atoms with Crippen molar-refractivity contribution in [3.8, 4) is 0 Å². The van der Waals surface area contributed by atoms with Gasteiger partial charge in [-0.15, -0.1) is 0 Å². The smallest absolute Gasteiger partial charge is 0.243 e. The van der Waals surface area contributed by atoms with Crippen molar-refractivity contribution in [2.45, 2.75) is 43.5 Å². The highest BCUT2D eigenvalue weighted by atomic mass is 32.2. The molecule has 1 aromatic rings. The molecule has 1 aliphatic heterocycles. The Morgan fingerprint density at radius 3 is 2.47 bits per heavy atom. The van der Waals surface area contributed by atoms with Crippen LogP contribution in [0.1, 0.15) is 38.2 Å². The first-order valence-electron chi connectivity index (χ1n) is 6.69. The number of aliphatic hydroxyl groups is 1. The molecule has 1 atom stereocenters. The molecule has 0 aliphatic carbocycles. The van der Waals surface area contributed by atoms with Gasteiger partial charge in [0.1, 0.15) is 0 Å².